The van der Waals surface area contributed by atoms with Crippen LogP contribution in [0.2, 0.25) is 0 Å². The van der Waals surface area contributed by atoms with Gasteiger partial charge in [0.25, 0.3) is 0 Å². The average molecular weight is 213 g/mol. The summed E-state index contributed by atoms with van der Waals surface area (Å²) in [6, 6.07) is 10.2. The van der Waals surface area contributed by atoms with Crippen LogP contribution in [0.25, 0.3) is 10.9 Å². The van der Waals surface area contributed by atoms with E-state index in [1.165, 1.54) is 0 Å². The first-order valence-electron chi connectivity index (χ1n) is 5.27. The van der Waals surface area contributed by atoms with Gasteiger partial charge in [-0.05, 0) is 24.1 Å². The third-order valence-corrected chi connectivity index (χ3v) is 2.66. The van der Waals surface area contributed by atoms with Gasteiger partial charge in [0.15, 0.2) is 0 Å². The minimum absolute atomic E-state index is 0.0883. The fourth-order valence-corrected chi connectivity index (χ4v) is 1.88. The van der Waals surface area contributed by atoms with E-state index in [-0.39, 0.29) is 6.04 Å². The van der Waals surface area contributed by atoms with Crippen LogP contribution in [0.4, 0.5) is 0 Å². The van der Waals surface area contributed by atoms with Crippen molar-refractivity contribution in [3.05, 3.63) is 54.7 Å². The molecule has 1 atom stereocenters. The summed E-state index contributed by atoms with van der Waals surface area (Å²) in [5.74, 6) is 5.56. The van der Waals surface area contributed by atoms with Crippen molar-refractivity contribution in [1.29, 1.82) is 0 Å². The number of nitrogens with one attached hydrogen (secondary N) is 1. The first-order valence-corrected chi connectivity index (χ1v) is 5.27. The molecule has 1 aromatic carbocycles. The highest BCUT2D eigenvalue weighted by Gasteiger charge is 2.10. The van der Waals surface area contributed by atoms with Gasteiger partial charge in [0.2, 0.25) is 0 Å². The molecule has 0 saturated heterocycles. The number of hydrogen-bond donors (Lipinski definition) is 2. The summed E-state index contributed by atoms with van der Waals surface area (Å²) in [7, 11) is 0. The van der Waals surface area contributed by atoms with Crippen LogP contribution in [0.3, 0.4) is 0 Å². The van der Waals surface area contributed by atoms with Gasteiger partial charge in [0, 0.05) is 11.6 Å². The molecule has 3 heteroatoms. The number of pyridine rings is 1. The first-order chi connectivity index (χ1) is 7.86. The van der Waals surface area contributed by atoms with E-state index in [2.05, 4.69) is 29.1 Å². The number of benzene rings is 1. The smallest absolute Gasteiger partial charge is 0.0705 e. The van der Waals surface area contributed by atoms with Crippen molar-refractivity contribution in [1.82, 2.24) is 10.4 Å². The fourth-order valence-electron chi connectivity index (χ4n) is 1.88. The molecule has 2 rings (SSSR count). The molecule has 0 aliphatic heterocycles. The standard InChI is InChI=1S/C13H15N3/c1-2-5-13(16-14)11-6-3-8-12-10(11)7-4-9-15-12/h2-4,6-9,13,16H,1,5,14H2. The molecule has 0 bridgehead atoms. The number of hydrazine groups is 1. The molecule has 3 N–H and O–H groups in total. The number of nitrogens with two attached hydrogens (primary N) is 1. The molecule has 0 aliphatic rings. The Morgan fingerprint density at radius 2 is 2.25 bits per heavy atom. The second-order valence-electron chi connectivity index (χ2n) is 3.66. The van der Waals surface area contributed by atoms with Crippen LogP contribution < -0.4 is 11.3 Å². The Bertz CT molecular complexity index is 488. The van der Waals surface area contributed by atoms with E-state index in [1.54, 1.807) is 6.20 Å². The zero-order chi connectivity index (χ0) is 11.4. The van der Waals surface area contributed by atoms with Crippen molar-refractivity contribution < 1.29 is 0 Å². The molecule has 1 aromatic heterocycles. The van der Waals surface area contributed by atoms with E-state index in [1.807, 2.05) is 24.3 Å². The monoisotopic (exact) mass is 213 g/mol. The summed E-state index contributed by atoms with van der Waals surface area (Å²) >= 11 is 0. The van der Waals surface area contributed by atoms with Crippen LogP contribution in [-0.2, 0) is 0 Å². The Labute approximate surface area is 95.0 Å². The van der Waals surface area contributed by atoms with Crippen molar-refractivity contribution >= 4 is 10.9 Å². The normalized spacial score (nSPS) is 12.6. The van der Waals surface area contributed by atoms with E-state index in [0.29, 0.717) is 0 Å². The number of rotatable bonds is 4. The molecule has 1 unspecified atom stereocenters. The Hall–Kier alpha value is -1.71. The SMILES string of the molecule is C=CCC(NN)c1cccc2ncccc12. The molecule has 1 heterocycles. The van der Waals surface area contributed by atoms with Crippen molar-refractivity contribution in [2.24, 2.45) is 5.84 Å². The van der Waals surface area contributed by atoms with E-state index >= 15 is 0 Å². The highest BCUT2D eigenvalue weighted by Crippen LogP contribution is 2.24. The quantitative estimate of drug-likeness (QED) is 0.465. The van der Waals surface area contributed by atoms with Gasteiger partial charge in [-0.15, -0.1) is 6.58 Å². The summed E-state index contributed by atoms with van der Waals surface area (Å²) < 4.78 is 0. The van der Waals surface area contributed by atoms with E-state index in [9.17, 15) is 0 Å². The minimum Gasteiger partial charge on any atom is -0.271 e. The summed E-state index contributed by atoms with van der Waals surface area (Å²) in [5, 5.41) is 1.13. The predicted octanol–water partition coefficient (Wildman–Crippen LogP) is 2.32. The van der Waals surface area contributed by atoms with Crippen LogP contribution in [0.15, 0.2) is 49.2 Å². The Morgan fingerprint density at radius 1 is 1.38 bits per heavy atom. The lowest BCUT2D eigenvalue weighted by Crippen LogP contribution is -2.27. The number of nitrogens with zero attached hydrogens (tertiary/aromatic N) is 1. The van der Waals surface area contributed by atoms with Crippen molar-refractivity contribution in [3.63, 3.8) is 0 Å². The molecular formula is C13H15N3. The van der Waals surface area contributed by atoms with Crippen LogP contribution in [0, 0.1) is 0 Å². The van der Waals surface area contributed by atoms with Gasteiger partial charge in [0.05, 0.1) is 11.6 Å². The number of hydrogen-bond acceptors (Lipinski definition) is 3. The molecule has 0 aliphatic carbocycles. The molecule has 0 fully saturated rings. The van der Waals surface area contributed by atoms with Gasteiger partial charge in [-0.25, -0.2) is 0 Å². The maximum absolute atomic E-state index is 5.56. The molecular weight excluding hydrogens is 198 g/mol. The van der Waals surface area contributed by atoms with Crippen LogP contribution >= 0.6 is 0 Å². The highest BCUT2D eigenvalue weighted by molar-refractivity contribution is 5.82. The maximum Gasteiger partial charge on any atom is 0.0705 e. The van der Waals surface area contributed by atoms with Gasteiger partial charge in [0.1, 0.15) is 0 Å². The Kier molecular flexibility index (Phi) is 3.29. The van der Waals surface area contributed by atoms with E-state index < -0.39 is 0 Å². The molecule has 82 valence electrons. The van der Waals surface area contributed by atoms with Crippen molar-refractivity contribution in [2.75, 3.05) is 0 Å². The number of fused-ring (bicyclic) bond motifs is 1. The average Bonchev–Trinajstić information content (AvgIpc) is 2.35. The molecule has 2 aromatic rings. The minimum atomic E-state index is 0.0883. The summed E-state index contributed by atoms with van der Waals surface area (Å²) in [6.45, 7) is 3.74. The second kappa shape index (κ2) is 4.88. The third-order valence-electron chi connectivity index (χ3n) is 2.66. The van der Waals surface area contributed by atoms with Gasteiger partial charge < -0.3 is 0 Å². The molecule has 0 spiro atoms. The zero-order valence-corrected chi connectivity index (χ0v) is 9.06. The lowest BCUT2D eigenvalue weighted by molar-refractivity contribution is 0.565. The molecule has 0 radical (unpaired) electrons. The summed E-state index contributed by atoms with van der Waals surface area (Å²) in [4.78, 5) is 4.32. The first kappa shape index (κ1) is 10.8. The van der Waals surface area contributed by atoms with Gasteiger partial charge in [-0.2, -0.15) is 0 Å². The van der Waals surface area contributed by atoms with Crippen LogP contribution in [0.5, 0.6) is 0 Å². The van der Waals surface area contributed by atoms with Gasteiger partial charge in [-0.3, -0.25) is 16.3 Å². The number of aromatic nitrogens is 1. The topological polar surface area (TPSA) is 50.9 Å². The van der Waals surface area contributed by atoms with Gasteiger partial charge >= 0.3 is 0 Å². The summed E-state index contributed by atoms with van der Waals surface area (Å²) in [5.41, 5.74) is 4.96. The zero-order valence-electron chi connectivity index (χ0n) is 9.06. The molecule has 3 nitrogen and oxygen atoms in total. The molecule has 16 heavy (non-hydrogen) atoms. The third kappa shape index (κ3) is 1.96. The van der Waals surface area contributed by atoms with Crippen LogP contribution in [-0.4, -0.2) is 4.98 Å². The Morgan fingerprint density at radius 3 is 3.00 bits per heavy atom. The van der Waals surface area contributed by atoms with Gasteiger partial charge in [-0.1, -0.05) is 24.3 Å². The largest absolute Gasteiger partial charge is 0.271 e. The van der Waals surface area contributed by atoms with Crippen molar-refractivity contribution in [3.8, 4) is 0 Å². The highest BCUT2D eigenvalue weighted by atomic mass is 15.2. The van der Waals surface area contributed by atoms with E-state index in [0.717, 1.165) is 22.9 Å². The predicted molar refractivity (Wildman–Crippen MR) is 66.6 cm³/mol. The second-order valence-corrected chi connectivity index (χ2v) is 3.66. The lowest BCUT2D eigenvalue weighted by atomic mass is 9.99. The van der Waals surface area contributed by atoms with Crippen LogP contribution in [0.1, 0.15) is 18.0 Å². The van der Waals surface area contributed by atoms with E-state index in [4.69, 9.17) is 5.84 Å². The molecule has 0 saturated carbocycles. The van der Waals surface area contributed by atoms with Crippen molar-refractivity contribution in [2.45, 2.75) is 12.5 Å². The maximum atomic E-state index is 5.56. The lowest BCUT2D eigenvalue weighted by Gasteiger charge is -2.16. The Balaban J connectivity index is 2.54. The molecule has 0 amide bonds. The fraction of sp³-hybridized carbons (Fsp3) is 0.154. The summed E-state index contributed by atoms with van der Waals surface area (Å²) in [6.07, 6.45) is 4.45.